The number of rotatable bonds is 9. The molecule has 12 heteroatoms. The summed E-state index contributed by atoms with van der Waals surface area (Å²) < 4.78 is 14.5. The van der Waals surface area contributed by atoms with Crippen molar-refractivity contribution in [1.29, 1.82) is 0 Å². The number of carbonyl (C=O) groups is 3. The van der Waals surface area contributed by atoms with Crippen LogP contribution in [0.1, 0.15) is 28.8 Å². The second-order valence-corrected chi connectivity index (χ2v) is 14.9. The molecule has 1 unspecified atom stereocenters. The number of benzene rings is 4. The van der Waals surface area contributed by atoms with E-state index in [0.29, 0.717) is 30.9 Å². The Morgan fingerprint density at radius 2 is 1.65 bits per heavy atom. The number of hydrogen-bond acceptors (Lipinski definition) is 9. The van der Waals surface area contributed by atoms with Gasteiger partial charge in [0.05, 0.1) is 4.88 Å². The second-order valence-electron chi connectivity index (χ2n) is 12.9. The molecule has 3 aliphatic heterocycles. The third-order valence-electron chi connectivity index (χ3n) is 9.70. The van der Waals surface area contributed by atoms with Crippen molar-refractivity contribution in [3.05, 3.63) is 101 Å². The number of halogens is 1. The zero-order valence-corrected chi connectivity index (χ0v) is 30.0. The Hall–Kier alpha value is -4.91. The van der Waals surface area contributed by atoms with Gasteiger partial charge in [0.1, 0.15) is 29.9 Å². The van der Waals surface area contributed by atoms with E-state index < -0.39 is 11.9 Å². The lowest BCUT2D eigenvalue weighted by Crippen LogP contribution is -2.52. The van der Waals surface area contributed by atoms with Crippen LogP contribution in [-0.4, -0.2) is 78.0 Å². The monoisotopic (exact) mass is 766 g/mol. The molecule has 51 heavy (non-hydrogen) atoms. The van der Waals surface area contributed by atoms with Crippen molar-refractivity contribution in [2.24, 2.45) is 0 Å². The molecule has 8 rings (SSSR count). The lowest BCUT2D eigenvalue weighted by molar-refractivity contribution is -0.136. The van der Waals surface area contributed by atoms with Crippen LogP contribution in [0.25, 0.3) is 20.5 Å². The van der Waals surface area contributed by atoms with E-state index in [1.165, 1.54) is 0 Å². The van der Waals surface area contributed by atoms with Crippen LogP contribution in [0.4, 0.5) is 5.69 Å². The highest BCUT2D eigenvalue weighted by atomic mass is 79.9. The number of piperazine rings is 1. The maximum absolute atomic E-state index is 13.1. The van der Waals surface area contributed by atoms with E-state index in [2.05, 4.69) is 49.2 Å². The van der Waals surface area contributed by atoms with E-state index in [9.17, 15) is 19.5 Å². The third kappa shape index (κ3) is 6.91. The predicted octanol–water partition coefficient (Wildman–Crippen LogP) is 6.79. The van der Waals surface area contributed by atoms with Gasteiger partial charge < -0.3 is 24.4 Å². The van der Waals surface area contributed by atoms with Gasteiger partial charge in [0, 0.05) is 71.5 Å². The van der Waals surface area contributed by atoms with E-state index in [0.717, 1.165) is 80.5 Å². The first-order valence-electron chi connectivity index (χ1n) is 17.0. The van der Waals surface area contributed by atoms with Crippen molar-refractivity contribution in [3.63, 3.8) is 0 Å². The molecule has 3 amide bonds. The van der Waals surface area contributed by atoms with Crippen LogP contribution in [0, 0.1) is 0 Å². The summed E-state index contributed by atoms with van der Waals surface area (Å²) in [6.45, 7) is 5.23. The maximum atomic E-state index is 13.1. The van der Waals surface area contributed by atoms with E-state index in [4.69, 9.17) is 9.47 Å². The first-order chi connectivity index (χ1) is 24.8. The minimum absolute atomic E-state index is 0.151. The number of amides is 3. The molecule has 0 saturated carbocycles. The van der Waals surface area contributed by atoms with E-state index >= 15 is 0 Å². The lowest BCUT2D eigenvalue weighted by atomic mass is 10.0. The molecule has 0 aliphatic carbocycles. The van der Waals surface area contributed by atoms with Crippen LogP contribution in [0.3, 0.4) is 0 Å². The zero-order valence-electron chi connectivity index (χ0n) is 27.6. The van der Waals surface area contributed by atoms with Gasteiger partial charge in [0.2, 0.25) is 11.8 Å². The topological polar surface area (TPSA) is 112 Å². The Morgan fingerprint density at radius 1 is 0.882 bits per heavy atom. The minimum Gasteiger partial charge on any atom is -0.508 e. The van der Waals surface area contributed by atoms with Crippen molar-refractivity contribution in [1.82, 2.24) is 15.1 Å². The molecule has 3 aliphatic rings. The number of thiophene rings is 1. The predicted molar refractivity (Wildman–Crippen MR) is 200 cm³/mol. The number of fused-ring (bicyclic) bond motifs is 2. The molecule has 2 saturated heterocycles. The van der Waals surface area contributed by atoms with Gasteiger partial charge in [-0.1, -0.05) is 28.1 Å². The molecule has 1 atom stereocenters. The summed E-state index contributed by atoms with van der Waals surface area (Å²) in [4.78, 5) is 44.4. The Labute approximate surface area is 307 Å². The number of nitrogens with one attached hydrogen (secondary N) is 1. The fraction of sp³-hybridized carbons (Fsp3) is 0.256. The molecule has 4 heterocycles. The average Bonchev–Trinajstić information content (AvgIpc) is 3.65. The van der Waals surface area contributed by atoms with Gasteiger partial charge in [0.25, 0.3) is 5.91 Å². The van der Waals surface area contributed by atoms with Crippen LogP contribution in [0.5, 0.6) is 23.0 Å². The first-order valence-corrected chi connectivity index (χ1v) is 18.6. The fourth-order valence-corrected chi connectivity index (χ4v) is 8.39. The SMILES string of the molecule is O=C1CCC(N2Cc3cc(N4CCN(CCOc5ccc(Oc6c(-c7ccc(Br)cc7)sc7cc(O)ccc67)cc5)CC4)ccc3C2=O)C(=O)N1. The molecule has 4 aromatic carbocycles. The van der Waals surface area contributed by atoms with Gasteiger partial charge in [-0.2, -0.15) is 0 Å². The summed E-state index contributed by atoms with van der Waals surface area (Å²) in [6, 6.07) is 26.4. The quantitative estimate of drug-likeness (QED) is 0.158. The van der Waals surface area contributed by atoms with Gasteiger partial charge in [-0.25, -0.2) is 0 Å². The summed E-state index contributed by atoms with van der Waals surface area (Å²) >= 11 is 5.10. The summed E-state index contributed by atoms with van der Waals surface area (Å²) in [5.74, 6) is 1.62. The standard InChI is InChI=1S/C39H35BrN4O6S/c40-26-3-1-24(2-4-26)37-36(32-12-6-28(45)22-34(32)51-37)50-30-9-7-29(8-10-30)49-20-19-42-15-17-43(18-16-42)27-5-11-31-25(21-27)23-44(39(31)48)33-13-14-35(46)41-38(33)47/h1-12,21-22,33,45H,13-20,23H2,(H,41,46,47). The van der Waals surface area contributed by atoms with Gasteiger partial charge in [-0.05, 0) is 90.3 Å². The van der Waals surface area contributed by atoms with Crippen LogP contribution < -0.4 is 19.7 Å². The fourth-order valence-electron chi connectivity index (χ4n) is 6.96. The largest absolute Gasteiger partial charge is 0.508 e. The van der Waals surface area contributed by atoms with Gasteiger partial charge in [0.15, 0.2) is 5.75 Å². The van der Waals surface area contributed by atoms with Crippen molar-refractivity contribution in [3.8, 4) is 33.4 Å². The number of piperidine rings is 1. The number of imide groups is 1. The number of phenols is 1. The Balaban J connectivity index is 0.838. The molecule has 0 spiro atoms. The van der Waals surface area contributed by atoms with Crippen LogP contribution in [-0.2, 0) is 16.1 Å². The molecule has 0 bridgehead atoms. The lowest BCUT2D eigenvalue weighted by Gasteiger charge is -2.36. The van der Waals surface area contributed by atoms with Crippen molar-refractivity contribution in [2.75, 3.05) is 44.2 Å². The summed E-state index contributed by atoms with van der Waals surface area (Å²) in [5.41, 5.74) is 3.66. The minimum atomic E-state index is -0.608. The number of hydrogen-bond donors (Lipinski definition) is 2. The van der Waals surface area contributed by atoms with E-state index in [-0.39, 0.29) is 24.0 Å². The van der Waals surface area contributed by atoms with E-state index in [1.54, 1.807) is 28.4 Å². The van der Waals surface area contributed by atoms with Gasteiger partial charge in [-0.15, -0.1) is 11.3 Å². The molecule has 0 radical (unpaired) electrons. The van der Waals surface area contributed by atoms with Crippen molar-refractivity contribution in [2.45, 2.75) is 25.4 Å². The summed E-state index contributed by atoms with van der Waals surface area (Å²) in [6.07, 6.45) is 0.604. The normalized spacial score (nSPS) is 17.9. The number of carbonyl (C=O) groups excluding carboxylic acids is 3. The third-order valence-corrected chi connectivity index (χ3v) is 11.4. The molecule has 5 aromatic rings. The van der Waals surface area contributed by atoms with Crippen LogP contribution in [0.15, 0.2) is 89.4 Å². The maximum Gasteiger partial charge on any atom is 0.255 e. The summed E-state index contributed by atoms with van der Waals surface area (Å²) in [5, 5.41) is 13.4. The highest BCUT2D eigenvalue weighted by Crippen LogP contribution is 2.47. The molecular weight excluding hydrogens is 732 g/mol. The molecule has 260 valence electrons. The average molecular weight is 768 g/mol. The van der Waals surface area contributed by atoms with Crippen molar-refractivity contribution < 1.29 is 29.0 Å². The van der Waals surface area contributed by atoms with Crippen LogP contribution in [0.2, 0.25) is 0 Å². The second kappa shape index (κ2) is 14.0. The number of nitrogens with zero attached hydrogens (tertiary/aromatic N) is 3. The van der Waals surface area contributed by atoms with Gasteiger partial charge >= 0.3 is 0 Å². The molecule has 1 aromatic heterocycles. The number of ether oxygens (including phenoxy) is 2. The van der Waals surface area contributed by atoms with Crippen LogP contribution >= 0.6 is 27.3 Å². The highest BCUT2D eigenvalue weighted by Gasteiger charge is 2.39. The Bertz CT molecular complexity index is 2130. The Kier molecular flexibility index (Phi) is 9.13. The highest BCUT2D eigenvalue weighted by molar-refractivity contribution is 9.10. The number of phenolic OH excluding ortho intramolecular Hbond substituents is 1. The summed E-state index contributed by atoms with van der Waals surface area (Å²) in [7, 11) is 0. The zero-order chi connectivity index (χ0) is 35.1. The first kappa shape index (κ1) is 33.2. The Morgan fingerprint density at radius 3 is 2.41 bits per heavy atom. The molecule has 2 fully saturated rings. The van der Waals surface area contributed by atoms with Crippen molar-refractivity contribution >= 4 is 60.8 Å². The number of aromatic hydroxyl groups is 1. The van der Waals surface area contributed by atoms with Gasteiger partial charge in [-0.3, -0.25) is 24.6 Å². The molecular formula is C39H35BrN4O6S. The van der Waals surface area contributed by atoms with E-state index in [1.807, 2.05) is 54.6 Å². The molecule has 2 N–H and O–H groups in total. The molecule has 10 nitrogen and oxygen atoms in total. The number of anilines is 1. The smallest absolute Gasteiger partial charge is 0.255 e.